The number of aromatic nitrogens is 3. The van der Waals surface area contributed by atoms with Crippen LogP contribution in [0.1, 0.15) is 96.3 Å². The number of rotatable bonds is 17. The van der Waals surface area contributed by atoms with E-state index in [4.69, 9.17) is 23.2 Å². The predicted octanol–water partition coefficient (Wildman–Crippen LogP) is 7.76. The lowest BCUT2D eigenvalue weighted by Gasteiger charge is -2.06. The van der Waals surface area contributed by atoms with Gasteiger partial charge in [-0.3, -0.25) is 4.79 Å². The van der Waals surface area contributed by atoms with Gasteiger partial charge in [0.1, 0.15) is 5.52 Å². The van der Waals surface area contributed by atoms with E-state index in [0.29, 0.717) is 11.6 Å². The van der Waals surface area contributed by atoms with E-state index in [9.17, 15) is 4.79 Å². The van der Waals surface area contributed by atoms with Crippen LogP contribution >= 0.6 is 23.2 Å². The van der Waals surface area contributed by atoms with E-state index in [-0.39, 0.29) is 11.3 Å². The number of unbranched alkanes of at least 4 members (excludes halogenated alkanes) is 13. The van der Waals surface area contributed by atoms with Gasteiger partial charge in [-0.15, -0.1) is 0 Å². The number of carbonyl (C=O) groups excluding carboxylic acids is 1. The van der Waals surface area contributed by atoms with Gasteiger partial charge in [0, 0.05) is 19.2 Å². The van der Waals surface area contributed by atoms with E-state index in [1.165, 1.54) is 77.7 Å². The Balaban J connectivity index is 1.38. The Kier molecular flexibility index (Phi) is 12.9. The first-order valence-corrected chi connectivity index (χ1v) is 12.6. The minimum Gasteiger partial charge on any atom is -0.469 e. The third-order valence-electron chi connectivity index (χ3n) is 5.80. The fourth-order valence-corrected chi connectivity index (χ4v) is 4.50. The maximum atomic E-state index is 11.0. The number of hydrogen-bond acceptors (Lipinski definition) is 4. The van der Waals surface area contributed by atoms with Crippen LogP contribution in [0.3, 0.4) is 0 Å². The molecule has 2 rings (SSSR count). The number of halogens is 2. The van der Waals surface area contributed by atoms with Crippen LogP contribution in [0.5, 0.6) is 0 Å². The summed E-state index contributed by atoms with van der Waals surface area (Å²) in [4.78, 5) is 19.3. The quantitative estimate of drug-likeness (QED) is 0.103. The van der Waals surface area contributed by atoms with Gasteiger partial charge in [0.15, 0.2) is 5.15 Å². The van der Waals surface area contributed by atoms with Crippen molar-refractivity contribution in [2.45, 2.75) is 103 Å². The Morgan fingerprint density at radius 3 is 1.90 bits per heavy atom. The van der Waals surface area contributed by atoms with Crippen molar-refractivity contribution in [3.63, 3.8) is 0 Å². The van der Waals surface area contributed by atoms with Crippen molar-refractivity contribution in [3.05, 3.63) is 22.7 Å². The van der Waals surface area contributed by atoms with Gasteiger partial charge in [0.05, 0.1) is 12.6 Å². The Morgan fingerprint density at radius 2 is 1.35 bits per heavy atom. The van der Waals surface area contributed by atoms with Crippen molar-refractivity contribution in [2.24, 2.45) is 0 Å². The van der Waals surface area contributed by atoms with Crippen LogP contribution < -0.4 is 0 Å². The summed E-state index contributed by atoms with van der Waals surface area (Å²) < 4.78 is 6.79. The second kappa shape index (κ2) is 15.5. The van der Waals surface area contributed by atoms with E-state index in [0.717, 1.165) is 36.8 Å². The SMILES string of the molecule is COC(=O)CCCCCCCCCCCCCCCCn1ccc2nc(Cl)nc(Cl)c21. The molecule has 7 heteroatoms. The van der Waals surface area contributed by atoms with Crippen LogP contribution in [0.15, 0.2) is 12.3 Å². The van der Waals surface area contributed by atoms with Crippen LogP contribution in [-0.4, -0.2) is 27.6 Å². The van der Waals surface area contributed by atoms with E-state index >= 15 is 0 Å². The van der Waals surface area contributed by atoms with Crippen LogP contribution in [0.25, 0.3) is 11.0 Å². The third kappa shape index (κ3) is 10.2. The molecule has 0 saturated heterocycles. The lowest BCUT2D eigenvalue weighted by atomic mass is 10.0. The summed E-state index contributed by atoms with van der Waals surface area (Å²) in [5, 5.41) is 0.626. The lowest BCUT2D eigenvalue weighted by molar-refractivity contribution is -0.140. The first-order chi connectivity index (χ1) is 15.1. The maximum Gasteiger partial charge on any atom is 0.305 e. The molecule has 0 spiro atoms. The Hall–Kier alpha value is -1.33. The van der Waals surface area contributed by atoms with E-state index < -0.39 is 0 Å². The molecule has 0 saturated carbocycles. The second-order valence-corrected chi connectivity index (χ2v) is 9.00. The fraction of sp³-hybridized carbons (Fsp3) is 0.708. The molecule has 5 nitrogen and oxygen atoms in total. The highest BCUT2D eigenvalue weighted by Crippen LogP contribution is 2.23. The molecule has 0 radical (unpaired) electrons. The zero-order chi connectivity index (χ0) is 22.3. The summed E-state index contributed by atoms with van der Waals surface area (Å²) in [6.45, 7) is 0.941. The molecule has 0 amide bonds. The van der Waals surface area contributed by atoms with Gasteiger partial charge < -0.3 is 9.30 Å². The normalized spacial score (nSPS) is 11.3. The van der Waals surface area contributed by atoms with Gasteiger partial charge in [-0.25, -0.2) is 9.97 Å². The van der Waals surface area contributed by atoms with Crippen LogP contribution in [0.4, 0.5) is 0 Å². The molecule has 0 aliphatic carbocycles. The van der Waals surface area contributed by atoms with E-state index in [1.807, 2.05) is 12.3 Å². The van der Waals surface area contributed by atoms with Crippen molar-refractivity contribution in [3.8, 4) is 0 Å². The summed E-state index contributed by atoms with van der Waals surface area (Å²) >= 11 is 12.1. The summed E-state index contributed by atoms with van der Waals surface area (Å²) in [7, 11) is 1.46. The minimum absolute atomic E-state index is 0.0831. The number of hydrogen-bond donors (Lipinski definition) is 0. The Bertz CT molecular complexity index is 780. The van der Waals surface area contributed by atoms with Gasteiger partial charge >= 0.3 is 5.97 Å². The van der Waals surface area contributed by atoms with Gasteiger partial charge in [0.2, 0.25) is 5.28 Å². The number of fused-ring (bicyclic) bond motifs is 1. The molecular weight excluding hydrogens is 433 g/mol. The monoisotopic (exact) mass is 469 g/mol. The highest BCUT2D eigenvalue weighted by molar-refractivity contribution is 6.35. The topological polar surface area (TPSA) is 57.0 Å². The molecule has 174 valence electrons. The summed E-state index contributed by atoms with van der Waals surface area (Å²) in [5.41, 5.74) is 1.69. The number of aryl methyl sites for hydroxylation is 1. The van der Waals surface area contributed by atoms with Gasteiger partial charge in [0.25, 0.3) is 0 Å². The van der Waals surface area contributed by atoms with Crippen molar-refractivity contribution >= 4 is 40.2 Å². The highest BCUT2D eigenvalue weighted by Gasteiger charge is 2.09. The standard InChI is InChI=1S/C24H37Cl2N3O2/c1-31-21(30)16-14-12-10-8-6-4-2-3-5-7-9-11-13-15-18-29-19-17-20-22(29)23(25)28-24(26)27-20/h17,19H,2-16,18H2,1H3. The van der Waals surface area contributed by atoms with Crippen molar-refractivity contribution < 1.29 is 9.53 Å². The zero-order valence-electron chi connectivity index (χ0n) is 18.9. The van der Waals surface area contributed by atoms with Gasteiger partial charge in [-0.05, 0) is 30.5 Å². The number of carbonyl (C=O) groups is 1. The second-order valence-electron chi connectivity index (χ2n) is 8.30. The van der Waals surface area contributed by atoms with Crippen molar-refractivity contribution in [1.29, 1.82) is 0 Å². The number of ether oxygens (including phenoxy) is 1. The molecule has 31 heavy (non-hydrogen) atoms. The molecule has 2 aromatic heterocycles. The van der Waals surface area contributed by atoms with Crippen molar-refractivity contribution in [1.82, 2.24) is 14.5 Å². The molecule has 0 aliphatic rings. The zero-order valence-corrected chi connectivity index (χ0v) is 20.4. The minimum atomic E-state index is -0.0831. The average Bonchev–Trinajstić information content (AvgIpc) is 3.16. The third-order valence-corrected chi connectivity index (χ3v) is 6.23. The van der Waals surface area contributed by atoms with Crippen LogP contribution in [0.2, 0.25) is 10.4 Å². The lowest BCUT2D eigenvalue weighted by Crippen LogP contribution is -1.99. The first kappa shape index (κ1) is 25.9. The molecule has 2 aromatic rings. The average molecular weight is 470 g/mol. The van der Waals surface area contributed by atoms with Crippen molar-refractivity contribution in [2.75, 3.05) is 7.11 Å². The smallest absolute Gasteiger partial charge is 0.305 e. The summed E-state index contributed by atoms with van der Waals surface area (Å²) in [6.07, 6.45) is 20.3. The number of esters is 1. The van der Waals surface area contributed by atoms with Gasteiger partial charge in [-0.2, -0.15) is 0 Å². The maximum absolute atomic E-state index is 11.0. The van der Waals surface area contributed by atoms with E-state index in [2.05, 4.69) is 19.3 Å². The fourth-order valence-electron chi connectivity index (χ4n) is 4.00. The first-order valence-electron chi connectivity index (χ1n) is 11.9. The molecule has 0 aliphatic heterocycles. The van der Waals surface area contributed by atoms with E-state index in [1.54, 1.807) is 0 Å². The largest absolute Gasteiger partial charge is 0.469 e. The molecule has 0 N–H and O–H groups in total. The Morgan fingerprint density at radius 1 is 0.839 bits per heavy atom. The predicted molar refractivity (Wildman–Crippen MR) is 129 cm³/mol. The molecule has 0 bridgehead atoms. The summed E-state index contributed by atoms with van der Waals surface area (Å²) in [6, 6.07) is 1.94. The molecule has 0 unspecified atom stereocenters. The molecular formula is C24H37Cl2N3O2. The number of nitrogens with zero attached hydrogens (tertiary/aromatic N) is 3. The Labute approximate surface area is 196 Å². The molecule has 2 heterocycles. The highest BCUT2D eigenvalue weighted by atomic mass is 35.5. The molecule has 0 atom stereocenters. The number of methoxy groups -OCH3 is 1. The van der Waals surface area contributed by atoms with Gasteiger partial charge in [-0.1, -0.05) is 88.7 Å². The molecule has 0 aromatic carbocycles. The van der Waals surface area contributed by atoms with Crippen LogP contribution in [-0.2, 0) is 16.1 Å². The summed E-state index contributed by atoms with van der Waals surface area (Å²) in [5.74, 6) is -0.0831. The molecule has 0 fully saturated rings. The van der Waals surface area contributed by atoms with Crippen LogP contribution in [0, 0.1) is 0 Å².